The summed E-state index contributed by atoms with van der Waals surface area (Å²) in [7, 11) is 0. The van der Waals surface area contributed by atoms with Gasteiger partial charge < -0.3 is 15.0 Å². The van der Waals surface area contributed by atoms with Crippen LogP contribution in [0.1, 0.15) is 44.4 Å². The van der Waals surface area contributed by atoms with Crippen LogP contribution in [0.4, 0.5) is 5.69 Å². The Balaban J connectivity index is 1.77. The van der Waals surface area contributed by atoms with E-state index in [1.165, 1.54) is 6.92 Å². The molecule has 1 N–H and O–H groups in total. The molecule has 0 radical (unpaired) electrons. The average Bonchev–Trinajstić information content (AvgIpc) is 2.89. The number of para-hydroxylation sites is 1. The molecule has 28 heavy (non-hydrogen) atoms. The van der Waals surface area contributed by atoms with Crippen LogP contribution < -0.4 is 15.0 Å². The molecule has 2 aromatic carbocycles. The number of amides is 2. The van der Waals surface area contributed by atoms with Crippen molar-refractivity contribution >= 4 is 29.1 Å². The van der Waals surface area contributed by atoms with E-state index in [1.54, 1.807) is 17.0 Å². The quantitative estimate of drug-likeness (QED) is 0.744. The summed E-state index contributed by atoms with van der Waals surface area (Å²) in [6.45, 7) is 6.78. The lowest BCUT2D eigenvalue weighted by Gasteiger charge is -2.19. The van der Waals surface area contributed by atoms with Crippen LogP contribution >= 0.6 is 11.6 Å². The van der Waals surface area contributed by atoms with Gasteiger partial charge in [-0.2, -0.15) is 0 Å². The maximum absolute atomic E-state index is 13.0. The zero-order chi connectivity index (χ0) is 20.3. The number of halogens is 1. The summed E-state index contributed by atoms with van der Waals surface area (Å²) in [6.07, 6.45) is 1.00. The maximum atomic E-state index is 13.0. The first-order valence-corrected chi connectivity index (χ1v) is 9.83. The first-order chi connectivity index (χ1) is 13.4. The second-order valence-electron chi connectivity index (χ2n) is 7.41. The Kier molecular flexibility index (Phi) is 6.25. The van der Waals surface area contributed by atoms with Gasteiger partial charge in [-0.25, -0.2) is 0 Å². The van der Waals surface area contributed by atoms with Crippen LogP contribution in [0.3, 0.4) is 0 Å². The lowest BCUT2D eigenvalue weighted by molar-refractivity contribution is -0.126. The van der Waals surface area contributed by atoms with Crippen LogP contribution in [0.2, 0.25) is 5.02 Å². The molecule has 0 aliphatic carbocycles. The molecular formula is C22H25ClN2O3. The number of anilines is 1. The van der Waals surface area contributed by atoms with Crippen molar-refractivity contribution in [3.05, 3.63) is 58.6 Å². The van der Waals surface area contributed by atoms with Crippen LogP contribution in [0.25, 0.3) is 0 Å². The van der Waals surface area contributed by atoms with Crippen molar-refractivity contribution in [1.29, 1.82) is 0 Å². The first kappa shape index (κ1) is 20.2. The highest BCUT2D eigenvalue weighted by molar-refractivity contribution is 6.34. The molecule has 0 saturated carbocycles. The van der Waals surface area contributed by atoms with Gasteiger partial charge in [0.2, 0.25) is 5.91 Å². The van der Waals surface area contributed by atoms with Crippen LogP contribution in [0.15, 0.2) is 42.5 Å². The number of hydrogen-bond donors (Lipinski definition) is 1. The van der Waals surface area contributed by atoms with Crippen LogP contribution in [0, 0.1) is 5.92 Å². The van der Waals surface area contributed by atoms with E-state index in [-0.39, 0.29) is 11.8 Å². The molecule has 0 bridgehead atoms. The van der Waals surface area contributed by atoms with Gasteiger partial charge >= 0.3 is 0 Å². The molecule has 1 aliphatic heterocycles. The summed E-state index contributed by atoms with van der Waals surface area (Å²) >= 11 is 6.38. The van der Waals surface area contributed by atoms with Gasteiger partial charge in [0.25, 0.3) is 5.91 Å². The maximum Gasteiger partial charge on any atom is 0.254 e. The Bertz CT molecular complexity index is 865. The summed E-state index contributed by atoms with van der Waals surface area (Å²) in [6, 6.07) is 12.4. The number of rotatable bonds is 7. The van der Waals surface area contributed by atoms with Crippen LogP contribution in [-0.4, -0.2) is 18.4 Å². The number of nitrogens with zero attached hydrogens (tertiary/aromatic N) is 1. The van der Waals surface area contributed by atoms with Crippen molar-refractivity contribution in [1.82, 2.24) is 5.32 Å². The van der Waals surface area contributed by atoms with Crippen molar-refractivity contribution in [3.63, 3.8) is 0 Å². The molecule has 1 atom stereocenters. The molecule has 148 valence electrons. The fraction of sp³-hybridized carbons (Fsp3) is 0.364. The SMILES string of the molecule is CC(=O)N[C@@H]1C(=O)N(Cc2ccc(OCCC(C)C)cc2)c2c(Cl)cccc21. The van der Waals surface area contributed by atoms with E-state index in [0.717, 1.165) is 23.3 Å². The molecule has 0 spiro atoms. The molecule has 0 saturated heterocycles. The van der Waals surface area contributed by atoms with Crippen molar-refractivity contribution in [2.75, 3.05) is 11.5 Å². The summed E-state index contributed by atoms with van der Waals surface area (Å²) < 4.78 is 5.75. The Labute approximate surface area is 170 Å². The lowest BCUT2D eigenvalue weighted by Crippen LogP contribution is -2.36. The normalized spacial score (nSPS) is 15.7. The highest BCUT2D eigenvalue weighted by Gasteiger charge is 2.39. The minimum atomic E-state index is -0.704. The van der Waals surface area contributed by atoms with Gasteiger partial charge in [0, 0.05) is 12.5 Å². The molecule has 2 amide bonds. The predicted molar refractivity (Wildman–Crippen MR) is 111 cm³/mol. The number of hydrogen-bond acceptors (Lipinski definition) is 3. The first-order valence-electron chi connectivity index (χ1n) is 9.45. The Morgan fingerprint density at radius 3 is 2.57 bits per heavy atom. The van der Waals surface area contributed by atoms with E-state index >= 15 is 0 Å². The zero-order valence-electron chi connectivity index (χ0n) is 16.4. The van der Waals surface area contributed by atoms with E-state index in [4.69, 9.17) is 16.3 Å². The van der Waals surface area contributed by atoms with E-state index in [0.29, 0.717) is 29.8 Å². The fourth-order valence-electron chi connectivity index (χ4n) is 3.23. The molecule has 5 nitrogen and oxygen atoms in total. The van der Waals surface area contributed by atoms with E-state index in [1.807, 2.05) is 30.3 Å². The predicted octanol–water partition coefficient (Wildman–Crippen LogP) is 4.49. The summed E-state index contributed by atoms with van der Waals surface area (Å²) in [4.78, 5) is 26.1. The number of benzene rings is 2. The average molecular weight is 401 g/mol. The molecule has 1 heterocycles. The van der Waals surface area contributed by atoms with E-state index < -0.39 is 6.04 Å². The third kappa shape index (κ3) is 4.47. The summed E-state index contributed by atoms with van der Waals surface area (Å²) in [5.74, 6) is 0.970. The number of carbonyl (C=O) groups excluding carboxylic acids is 2. The van der Waals surface area contributed by atoms with Gasteiger partial charge in [0.05, 0.1) is 23.9 Å². The Morgan fingerprint density at radius 2 is 1.93 bits per heavy atom. The topological polar surface area (TPSA) is 58.6 Å². The summed E-state index contributed by atoms with van der Waals surface area (Å²) in [5.41, 5.74) is 2.34. The fourth-order valence-corrected chi connectivity index (χ4v) is 3.52. The van der Waals surface area contributed by atoms with Gasteiger partial charge in [0.15, 0.2) is 0 Å². The zero-order valence-corrected chi connectivity index (χ0v) is 17.1. The molecule has 0 fully saturated rings. The largest absolute Gasteiger partial charge is 0.494 e. The Hall–Kier alpha value is -2.53. The molecule has 0 unspecified atom stereocenters. The highest BCUT2D eigenvalue weighted by Crippen LogP contribution is 2.41. The second kappa shape index (κ2) is 8.65. The van der Waals surface area contributed by atoms with Gasteiger partial charge in [-0.15, -0.1) is 0 Å². The third-order valence-corrected chi connectivity index (χ3v) is 4.99. The minimum Gasteiger partial charge on any atom is -0.494 e. The van der Waals surface area contributed by atoms with Gasteiger partial charge in [-0.05, 0) is 36.1 Å². The lowest BCUT2D eigenvalue weighted by atomic mass is 10.1. The van der Waals surface area contributed by atoms with Gasteiger partial charge in [-0.1, -0.05) is 49.7 Å². The summed E-state index contributed by atoms with van der Waals surface area (Å²) in [5, 5.41) is 3.22. The molecule has 2 aromatic rings. The van der Waals surface area contributed by atoms with Crippen molar-refractivity contribution in [3.8, 4) is 5.75 Å². The second-order valence-corrected chi connectivity index (χ2v) is 7.82. The van der Waals surface area contributed by atoms with Crippen LogP contribution in [-0.2, 0) is 16.1 Å². The number of ether oxygens (including phenoxy) is 1. The third-order valence-electron chi connectivity index (χ3n) is 4.69. The smallest absolute Gasteiger partial charge is 0.254 e. The number of carbonyl (C=O) groups is 2. The molecule has 0 aromatic heterocycles. The number of fused-ring (bicyclic) bond motifs is 1. The van der Waals surface area contributed by atoms with Gasteiger partial charge in [0.1, 0.15) is 11.8 Å². The number of nitrogens with one attached hydrogen (secondary N) is 1. The van der Waals surface area contributed by atoms with E-state index in [9.17, 15) is 9.59 Å². The Morgan fingerprint density at radius 1 is 1.21 bits per heavy atom. The minimum absolute atomic E-state index is 0.185. The van der Waals surface area contributed by atoms with E-state index in [2.05, 4.69) is 19.2 Å². The van der Waals surface area contributed by atoms with Crippen molar-refractivity contribution in [2.45, 2.75) is 39.8 Å². The van der Waals surface area contributed by atoms with Crippen molar-refractivity contribution < 1.29 is 14.3 Å². The highest BCUT2D eigenvalue weighted by atomic mass is 35.5. The monoisotopic (exact) mass is 400 g/mol. The standard InChI is InChI=1S/C22H25ClN2O3/c1-14(2)11-12-28-17-9-7-16(8-10-17)13-25-21-18(5-4-6-19(21)23)20(22(25)27)24-15(3)26/h4-10,14,20H,11-13H2,1-3H3,(H,24,26)/t20-/m0/s1. The molecular weight excluding hydrogens is 376 g/mol. The van der Waals surface area contributed by atoms with Crippen LogP contribution in [0.5, 0.6) is 5.75 Å². The van der Waals surface area contributed by atoms with Gasteiger partial charge in [-0.3, -0.25) is 9.59 Å². The molecule has 6 heteroatoms. The molecule has 1 aliphatic rings. The van der Waals surface area contributed by atoms with Crippen molar-refractivity contribution in [2.24, 2.45) is 5.92 Å². The molecule has 3 rings (SSSR count).